The van der Waals surface area contributed by atoms with Gasteiger partial charge in [-0.3, -0.25) is 9.69 Å². The highest BCUT2D eigenvalue weighted by Crippen LogP contribution is 2.52. The van der Waals surface area contributed by atoms with Crippen molar-refractivity contribution in [2.45, 2.75) is 63.1 Å². The summed E-state index contributed by atoms with van der Waals surface area (Å²) in [5, 5.41) is 0. The zero-order chi connectivity index (χ0) is 19.9. The van der Waals surface area contributed by atoms with Crippen LogP contribution in [-0.2, 0) is 9.53 Å². The average molecular weight is 378 g/mol. The second kappa shape index (κ2) is 7.04. The molecule has 2 aromatic rings. The van der Waals surface area contributed by atoms with Crippen LogP contribution in [-0.4, -0.2) is 35.1 Å². The highest BCUT2D eigenvalue weighted by atomic mass is 16.5. The lowest BCUT2D eigenvalue weighted by molar-refractivity contribution is -0.189. The number of hydrogen-bond acceptors (Lipinski definition) is 3. The van der Waals surface area contributed by atoms with Crippen molar-refractivity contribution in [1.29, 1.82) is 0 Å². The van der Waals surface area contributed by atoms with Gasteiger partial charge in [-0.2, -0.15) is 0 Å². The number of carbonyl (C=O) groups excluding carboxylic acids is 1. The fourth-order valence-corrected chi connectivity index (χ4v) is 5.48. The minimum absolute atomic E-state index is 0.0209. The van der Waals surface area contributed by atoms with Gasteiger partial charge in [0.2, 0.25) is 0 Å². The first kappa shape index (κ1) is 19.2. The first-order valence-corrected chi connectivity index (χ1v) is 10.4. The number of hydrogen-bond donors (Lipinski definition) is 0. The number of ether oxygens (including phenoxy) is 1. The third kappa shape index (κ3) is 3.16. The zero-order valence-electron chi connectivity index (χ0n) is 17.4. The third-order valence-electron chi connectivity index (χ3n) is 7.43. The average Bonchev–Trinajstić information content (AvgIpc) is 2.68. The van der Waals surface area contributed by atoms with E-state index in [1.54, 1.807) is 0 Å². The predicted molar refractivity (Wildman–Crippen MR) is 112 cm³/mol. The number of esters is 1. The van der Waals surface area contributed by atoms with Gasteiger partial charge in [-0.15, -0.1) is 0 Å². The van der Waals surface area contributed by atoms with E-state index in [-0.39, 0.29) is 29.1 Å². The lowest BCUT2D eigenvalue weighted by Crippen LogP contribution is -2.70. The Balaban J connectivity index is 1.62. The molecule has 3 nitrogen and oxygen atoms in total. The van der Waals surface area contributed by atoms with E-state index >= 15 is 0 Å². The molecule has 5 rings (SSSR count). The summed E-state index contributed by atoms with van der Waals surface area (Å²) in [6.45, 7) is 6.90. The monoisotopic (exact) mass is 377 g/mol. The quantitative estimate of drug-likeness (QED) is 0.701. The van der Waals surface area contributed by atoms with Crippen LogP contribution in [0.2, 0.25) is 0 Å². The van der Waals surface area contributed by atoms with Crippen molar-refractivity contribution in [2.75, 3.05) is 7.05 Å². The molecule has 3 atom stereocenters. The van der Waals surface area contributed by atoms with Gasteiger partial charge in [0, 0.05) is 23.4 Å². The largest absolute Gasteiger partial charge is 0.461 e. The molecule has 148 valence electrons. The van der Waals surface area contributed by atoms with Gasteiger partial charge in [0.05, 0.1) is 0 Å². The van der Waals surface area contributed by atoms with E-state index in [0.29, 0.717) is 5.92 Å². The molecular weight excluding hydrogens is 346 g/mol. The summed E-state index contributed by atoms with van der Waals surface area (Å²) < 4.78 is 6.28. The maximum absolute atomic E-state index is 13.4. The second-order valence-corrected chi connectivity index (χ2v) is 9.29. The molecule has 0 spiro atoms. The molecule has 3 unspecified atom stereocenters. The number of nitrogens with zero attached hydrogens (tertiary/aromatic N) is 1. The minimum atomic E-state index is -0.378. The van der Waals surface area contributed by atoms with Gasteiger partial charge in [0.25, 0.3) is 0 Å². The smallest absolute Gasteiger partial charge is 0.318 e. The molecule has 0 amide bonds. The van der Waals surface area contributed by atoms with E-state index < -0.39 is 0 Å². The molecule has 3 aliphatic rings. The highest BCUT2D eigenvalue weighted by Gasteiger charge is 2.57. The molecule has 2 aliphatic heterocycles. The van der Waals surface area contributed by atoms with E-state index in [0.717, 1.165) is 24.0 Å². The van der Waals surface area contributed by atoms with Crippen molar-refractivity contribution in [2.24, 2.45) is 5.92 Å². The SMILES string of the molecule is CN1C2(C)CCC(C(OC(=O)C(c3ccccc3)c3ccccc3)C2)C1(C)C. The van der Waals surface area contributed by atoms with Crippen molar-refractivity contribution in [3.63, 3.8) is 0 Å². The molecule has 2 aromatic carbocycles. The van der Waals surface area contributed by atoms with E-state index in [4.69, 9.17) is 4.74 Å². The Morgan fingerprint density at radius 2 is 1.54 bits per heavy atom. The number of rotatable bonds is 4. The van der Waals surface area contributed by atoms with Crippen LogP contribution in [0.3, 0.4) is 0 Å². The molecule has 2 bridgehead atoms. The molecule has 2 heterocycles. The Labute approximate surface area is 168 Å². The Hall–Kier alpha value is -2.13. The molecule has 0 radical (unpaired) electrons. The van der Waals surface area contributed by atoms with Crippen molar-refractivity contribution in [3.05, 3.63) is 71.8 Å². The molecule has 28 heavy (non-hydrogen) atoms. The second-order valence-electron chi connectivity index (χ2n) is 9.29. The van der Waals surface area contributed by atoms with Crippen LogP contribution >= 0.6 is 0 Å². The first-order chi connectivity index (χ1) is 13.3. The van der Waals surface area contributed by atoms with Crippen LogP contribution in [0.4, 0.5) is 0 Å². The van der Waals surface area contributed by atoms with Crippen molar-refractivity contribution in [1.82, 2.24) is 4.90 Å². The molecule has 1 aliphatic carbocycles. The fourth-order valence-electron chi connectivity index (χ4n) is 5.48. The van der Waals surface area contributed by atoms with Crippen molar-refractivity contribution in [3.8, 4) is 0 Å². The van der Waals surface area contributed by atoms with Gasteiger partial charge >= 0.3 is 5.97 Å². The van der Waals surface area contributed by atoms with Gasteiger partial charge in [0.15, 0.2) is 0 Å². The molecule has 1 saturated carbocycles. The molecule has 0 N–H and O–H groups in total. The maximum atomic E-state index is 13.4. The minimum Gasteiger partial charge on any atom is -0.461 e. The zero-order valence-corrected chi connectivity index (χ0v) is 17.4. The summed E-state index contributed by atoms with van der Waals surface area (Å²) in [5.41, 5.74) is 2.10. The predicted octanol–water partition coefficient (Wildman–Crippen LogP) is 5.01. The Morgan fingerprint density at radius 1 is 1.00 bits per heavy atom. The molecular formula is C25H31NO2. The van der Waals surface area contributed by atoms with Gasteiger partial charge in [-0.1, -0.05) is 60.7 Å². The lowest BCUT2D eigenvalue weighted by atomic mass is 9.61. The van der Waals surface area contributed by atoms with Crippen LogP contribution in [0.25, 0.3) is 0 Å². The van der Waals surface area contributed by atoms with Crippen LogP contribution in [0.5, 0.6) is 0 Å². The fraction of sp³-hybridized carbons (Fsp3) is 0.480. The normalized spacial score (nSPS) is 29.0. The Kier molecular flexibility index (Phi) is 4.83. The molecule has 0 aromatic heterocycles. The summed E-state index contributed by atoms with van der Waals surface area (Å²) in [6, 6.07) is 20.0. The summed E-state index contributed by atoms with van der Waals surface area (Å²) in [5.74, 6) is -0.135. The maximum Gasteiger partial charge on any atom is 0.318 e. The number of benzene rings is 2. The van der Waals surface area contributed by atoms with Crippen LogP contribution in [0.1, 0.15) is 57.1 Å². The number of piperidine rings is 2. The van der Waals surface area contributed by atoms with E-state index in [1.807, 2.05) is 60.7 Å². The number of fused-ring (bicyclic) bond motifs is 3. The van der Waals surface area contributed by atoms with Gasteiger partial charge in [-0.25, -0.2) is 0 Å². The molecule has 3 fully saturated rings. The van der Waals surface area contributed by atoms with Gasteiger partial charge in [-0.05, 0) is 51.8 Å². The first-order valence-electron chi connectivity index (χ1n) is 10.4. The highest BCUT2D eigenvalue weighted by molar-refractivity contribution is 5.82. The van der Waals surface area contributed by atoms with Crippen LogP contribution in [0.15, 0.2) is 60.7 Å². The van der Waals surface area contributed by atoms with E-state index in [2.05, 4.69) is 32.7 Å². The Bertz CT molecular complexity index is 788. The van der Waals surface area contributed by atoms with Crippen molar-refractivity contribution < 1.29 is 9.53 Å². The van der Waals surface area contributed by atoms with E-state index in [9.17, 15) is 4.79 Å². The summed E-state index contributed by atoms with van der Waals surface area (Å²) in [6.07, 6.45) is 3.19. The van der Waals surface area contributed by atoms with Gasteiger partial charge in [0.1, 0.15) is 12.0 Å². The molecule has 2 saturated heterocycles. The molecule has 3 heteroatoms. The topological polar surface area (TPSA) is 29.5 Å². The van der Waals surface area contributed by atoms with Crippen LogP contribution in [0, 0.1) is 5.92 Å². The number of carbonyl (C=O) groups is 1. The Morgan fingerprint density at radius 3 is 2.04 bits per heavy atom. The standard InChI is InChI=1S/C25H31NO2/c1-24(2)20-15-16-25(3,26(24)4)17-21(20)28-23(27)22(18-11-7-5-8-12-18)19-13-9-6-10-14-19/h5-14,20-22H,15-17H2,1-4H3. The third-order valence-corrected chi connectivity index (χ3v) is 7.43. The van der Waals surface area contributed by atoms with Crippen LogP contribution < -0.4 is 0 Å². The summed E-state index contributed by atoms with van der Waals surface area (Å²) >= 11 is 0. The summed E-state index contributed by atoms with van der Waals surface area (Å²) in [7, 11) is 2.22. The van der Waals surface area contributed by atoms with Crippen molar-refractivity contribution >= 4 is 5.97 Å². The van der Waals surface area contributed by atoms with E-state index in [1.165, 1.54) is 6.42 Å². The van der Waals surface area contributed by atoms with Gasteiger partial charge < -0.3 is 4.74 Å². The summed E-state index contributed by atoms with van der Waals surface area (Å²) in [4.78, 5) is 16.0. The lowest BCUT2D eigenvalue weighted by Gasteiger charge is -2.63.